The van der Waals surface area contributed by atoms with Crippen LogP contribution >= 0.6 is 11.3 Å². The average molecular weight is 360 g/mol. The van der Waals surface area contributed by atoms with E-state index >= 15 is 0 Å². The summed E-state index contributed by atoms with van der Waals surface area (Å²) in [7, 11) is 0. The Bertz CT molecular complexity index is 734. The number of fused-ring (bicyclic) bond motifs is 1. The number of likely N-dealkylation sites (tertiary alicyclic amines) is 1. The topological polar surface area (TPSA) is 60.9 Å². The highest BCUT2D eigenvalue weighted by atomic mass is 32.1. The van der Waals surface area contributed by atoms with Crippen molar-refractivity contribution in [2.24, 2.45) is 0 Å². The molecular weight excluding hydrogens is 340 g/mol. The number of piperidine rings is 1. The SMILES string of the molecule is O=C(c1scc2c1OCCO2)N1CCC[C@H](OCc2ccccn2)C1. The molecule has 4 rings (SSSR count). The second kappa shape index (κ2) is 7.41. The van der Waals surface area contributed by atoms with Crippen molar-refractivity contribution in [2.45, 2.75) is 25.6 Å². The van der Waals surface area contributed by atoms with Crippen molar-refractivity contribution in [3.05, 3.63) is 40.3 Å². The van der Waals surface area contributed by atoms with Crippen LogP contribution in [0.15, 0.2) is 29.8 Å². The maximum absolute atomic E-state index is 12.9. The molecule has 25 heavy (non-hydrogen) atoms. The number of ether oxygens (including phenoxy) is 3. The van der Waals surface area contributed by atoms with Gasteiger partial charge in [-0.1, -0.05) is 6.07 Å². The fourth-order valence-electron chi connectivity index (χ4n) is 3.10. The maximum atomic E-state index is 12.9. The number of carbonyl (C=O) groups excluding carboxylic acids is 1. The van der Waals surface area contributed by atoms with Crippen LogP contribution in [0.5, 0.6) is 11.5 Å². The predicted molar refractivity (Wildman–Crippen MR) is 93.3 cm³/mol. The van der Waals surface area contributed by atoms with Crippen molar-refractivity contribution in [2.75, 3.05) is 26.3 Å². The van der Waals surface area contributed by atoms with E-state index in [0.717, 1.165) is 25.1 Å². The van der Waals surface area contributed by atoms with E-state index in [1.807, 2.05) is 28.5 Å². The summed E-state index contributed by atoms with van der Waals surface area (Å²) < 4.78 is 17.1. The van der Waals surface area contributed by atoms with Crippen molar-refractivity contribution in [3.8, 4) is 11.5 Å². The van der Waals surface area contributed by atoms with Gasteiger partial charge in [-0.05, 0) is 25.0 Å². The molecule has 2 aromatic heterocycles. The standard InChI is InChI=1S/C18H20N2O4S/c21-18(17-16-15(12-25-17)22-8-9-23-16)20-7-3-5-14(10-20)24-11-13-4-1-2-6-19-13/h1-2,4,6,12,14H,3,5,7-11H2/t14-/m0/s1. The monoisotopic (exact) mass is 360 g/mol. The summed E-state index contributed by atoms with van der Waals surface area (Å²) in [5.74, 6) is 1.28. The summed E-state index contributed by atoms with van der Waals surface area (Å²) >= 11 is 1.39. The highest BCUT2D eigenvalue weighted by Crippen LogP contribution is 2.40. The van der Waals surface area contributed by atoms with Crippen LogP contribution in [-0.2, 0) is 11.3 Å². The number of carbonyl (C=O) groups is 1. The van der Waals surface area contributed by atoms with Crippen molar-refractivity contribution in [1.29, 1.82) is 0 Å². The molecule has 132 valence electrons. The van der Waals surface area contributed by atoms with E-state index in [9.17, 15) is 4.79 Å². The zero-order chi connectivity index (χ0) is 17.1. The molecule has 2 aliphatic heterocycles. The average Bonchev–Trinajstić information content (AvgIpc) is 3.11. The Hall–Kier alpha value is -2.12. The highest BCUT2D eigenvalue weighted by molar-refractivity contribution is 7.12. The van der Waals surface area contributed by atoms with Crippen LogP contribution in [0.1, 0.15) is 28.2 Å². The van der Waals surface area contributed by atoms with Crippen LogP contribution in [0, 0.1) is 0 Å². The van der Waals surface area contributed by atoms with Crippen LogP contribution < -0.4 is 9.47 Å². The third-order valence-electron chi connectivity index (χ3n) is 4.35. The zero-order valence-electron chi connectivity index (χ0n) is 13.8. The normalized spacial score (nSPS) is 19.7. The maximum Gasteiger partial charge on any atom is 0.267 e. The summed E-state index contributed by atoms with van der Waals surface area (Å²) in [5, 5.41) is 1.85. The lowest BCUT2D eigenvalue weighted by molar-refractivity contribution is -0.00784. The summed E-state index contributed by atoms with van der Waals surface area (Å²) in [6, 6.07) is 5.78. The molecule has 1 amide bonds. The summed E-state index contributed by atoms with van der Waals surface area (Å²) in [5.41, 5.74) is 0.906. The molecule has 4 heterocycles. The van der Waals surface area contributed by atoms with E-state index in [2.05, 4.69) is 4.98 Å². The van der Waals surface area contributed by atoms with Gasteiger partial charge in [-0.25, -0.2) is 0 Å². The second-order valence-corrected chi connectivity index (χ2v) is 6.98. The first kappa shape index (κ1) is 16.4. The Balaban J connectivity index is 1.39. The van der Waals surface area contributed by atoms with Crippen LogP contribution in [0.3, 0.4) is 0 Å². The minimum atomic E-state index is 0.00267. The van der Waals surface area contributed by atoms with Gasteiger partial charge in [-0.2, -0.15) is 0 Å². The number of hydrogen-bond acceptors (Lipinski definition) is 6. The van der Waals surface area contributed by atoms with E-state index in [4.69, 9.17) is 14.2 Å². The van der Waals surface area contributed by atoms with Crippen molar-refractivity contribution < 1.29 is 19.0 Å². The molecule has 2 aromatic rings. The molecule has 0 bridgehead atoms. The van der Waals surface area contributed by atoms with Gasteiger partial charge in [0, 0.05) is 24.7 Å². The summed E-state index contributed by atoms with van der Waals surface area (Å²) in [4.78, 5) is 19.6. The molecule has 6 nitrogen and oxygen atoms in total. The Kier molecular flexibility index (Phi) is 4.85. The molecule has 0 aliphatic carbocycles. The van der Waals surface area contributed by atoms with E-state index in [-0.39, 0.29) is 12.0 Å². The lowest BCUT2D eigenvalue weighted by atomic mass is 10.1. The number of thiophene rings is 1. The van der Waals surface area contributed by atoms with E-state index in [0.29, 0.717) is 42.7 Å². The number of nitrogens with zero attached hydrogens (tertiary/aromatic N) is 2. The first-order valence-electron chi connectivity index (χ1n) is 8.49. The lowest BCUT2D eigenvalue weighted by Crippen LogP contribution is -2.43. The van der Waals surface area contributed by atoms with Gasteiger partial charge in [0.2, 0.25) is 0 Å². The molecule has 1 atom stereocenters. The van der Waals surface area contributed by atoms with E-state index < -0.39 is 0 Å². The zero-order valence-corrected chi connectivity index (χ0v) is 14.7. The fourth-order valence-corrected chi connectivity index (χ4v) is 4.00. The fraction of sp³-hybridized carbons (Fsp3) is 0.444. The Labute approximate surface area is 150 Å². The molecule has 2 aliphatic rings. The van der Waals surface area contributed by atoms with E-state index in [1.165, 1.54) is 11.3 Å². The smallest absolute Gasteiger partial charge is 0.267 e. The third-order valence-corrected chi connectivity index (χ3v) is 5.28. The van der Waals surface area contributed by atoms with Gasteiger partial charge in [-0.15, -0.1) is 11.3 Å². The molecule has 0 N–H and O–H groups in total. The summed E-state index contributed by atoms with van der Waals surface area (Å²) in [6.45, 7) is 2.83. The number of amides is 1. The minimum Gasteiger partial charge on any atom is -0.485 e. The number of hydrogen-bond donors (Lipinski definition) is 0. The minimum absolute atomic E-state index is 0.00267. The number of pyridine rings is 1. The molecule has 0 radical (unpaired) electrons. The molecule has 0 aromatic carbocycles. The van der Waals surface area contributed by atoms with Crippen LogP contribution in [0.2, 0.25) is 0 Å². The van der Waals surface area contributed by atoms with Crippen molar-refractivity contribution in [3.63, 3.8) is 0 Å². The van der Waals surface area contributed by atoms with Gasteiger partial charge < -0.3 is 19.1 Å². The number of aromatic nitrogens is 1. The summed E-state index contributed by atoms with van der Waals surface area (Å²) in [6.07, 6.45) is 3.69. The molecule has 7 heteroatoms. The lowest BCUT2D eigenvalue weighted by Gasteiger charge is -2.32. The quantitative estimate of drug-likeness (QED) is 0.839. The molecule has 0 saturated carbocycles. The van der Waals surface area contributed by atoms with Crippen LogP contribution in [-0.4, -0.2) is 48.2 Å². The Morgan fingerprint density at radius 2 is 2.28 bits per heavy atom. The third kappa shape index (κ3) is 3.62. The van der Waals surface area contributed by atoms with E-state index in [1.54, 1.807) is 6.20 Å². The molecule has 0 spiro atoms. The van der Waals surface area contributed by atoms with Gasteiger partial charge in [0.1, 0.15) is 18.1 Å². The molecule has 1 fully saturated rings. The highest BCUT2D eigenvalue weighted by Gasteiger charge is 2.30. The van der Waals surface area contributed by atoms with Crippen LogP contribution in [0.25, 0.3) is 0 Å². The predicted octanol–water partition coefficient (Wildman–Crippen LogP) is 2.74. The largest absolute Gasteiger partial charge is 0.485 e. The first-order valence-corrected chi connectivity index (χ1v) is 9.37. The van der Waals surface area contributed by atoms with Crippen molar-refractivity contribution in [1.82, 2.24) is 9.88 Å². The van der Waals surface area contributed by atoms with Gasteiger partial charge in [0.25, 0.3) is 5.91 Å². The Morgan fingerprint density at radius 1 is 1.36 bits per heavy atom. The molecular formula is C18H20N2O4S. The molecule has 1 saturated heterocycles. The second-order valence-electron chi connectivity index (χ2n) is 6.10. The van der Waals surface area contributed by atoms with Crippen molar-refractivity contribution >= 4 is 17.2 Å². The van der Waals surface area contributed by atoms with Gasteiger partial charge in [0.05, 0.1) is 18.4 Å². The van der Waals surface area contributed by atoms with Gasteiger partial charge in [-0.3, -0.25) is 9.78 Å². The van der Waals surface area contributed by atoms with Crippen LogP contribution in [0.4, 0.5) is 0 Å². The Morgan fingerprint density at radius 3 is 3.16 bits per heavy atom. The molecule has 0 unspecified atom stereocenters. The van der Waals surface area contributed by atoms with Gasteiger partial charge >= 0.3 is 0 Å². The first-order chi connectivity index (χ1) is 12.3. The number of rotatable bonds is 4. The van der Waals surface area contributed by atoms with Gasteiger partial charge in [0.15, 0.2) is 11.5 Å².